The lowest BCUT2D eigenvalue weighted by Gasteiger charge is -2.20. The van der Waals surface area contributed by atoms with Crippen LogP contribution in [0.25, 0.3) is 0 Å². The molecule has 0 aromatic carbocycles. The van der Waals surface area contributed by atoms with E-state index in [1.165, 1.54) is 0 Å². The molecule has 0 aliphatic carbocycles. The first kappa shape index (κ1) is 13.9. The Balaban J connectivity index is 2.71. The van der Waals surface area contributed by atoms with Gasteiger partial charge in [0.05, 0.1) is 0 Å². The van der Waals surface area contributed by atoms with Gasteiger partial charge in [-0.1, -0.05) is 0 Å². The summed E-state index contributed by atoms with van der Waals surface area (Å²) in [6.07, 6.45) is 0. The maximum Gasteiger partial charge on any atom is 0.230 e. The highest BCUT2D eigenvalue weighted by molar-refractivity contribution is 6.28. The fourth-order valence-electron chi connectivity index (χ4n) is 1.04. The van der Waals surface area contributed by atoms with Crippen LogP contribution in [0.2, 0.25) is 5.28 Å². The fraction of sp³-hybridized carbons (Fsp3) is 0.700. The van der Waals surface area contributed by atoms with Crippen molar-refractivity contribution in [3.8, 4) is 0 Å². The van der Waals surface area contributed by atoms with E-state index >= 15 is 0 Å². The van der Waals surface area contributed by atoms with Gasteiger partial charge in [-0.15, -0.1) is 0 Å². The molecule has 0 aliphatic rings. The summed E-state index contributed by atoms with van der Waals surface area (Å²) in [4.78, 5) is 16.2. The highest BCUT2D eigenvalue weighted by atomic mass is 35.5. The monoisotopic (exact) mass is 258 g/mol. The van der Waals surface area contributed by atoms with Crippen LogP contribution in [-0.4, -0.2) is 60.6 Å². The molecule has 0 amide bonds. The lowest BCUT2D eigenvalue weighted by Crippen LogP contribution is -2.32. The number of rotatable bonds is 5. The maximum atomic E-state index is 5.83. The van der Waals surface area contributed by atoms with Crippen LogP contribution < -0.4 is 10.2 Å². The van der Waals surface area contributed by atoms with Gasteiger partial charge in [-0.2, -0.15) is 15.0 Å². The van der Waals surface area contributed by atoms with Crippen LogP contribution in [0, 0.1) is 0 Å². The van der Waals surface area contributed by atoms with E-state index in [1.54, 1.807) is 4.90 Å². The van der Waals surface area contributed by atoms with Gasteiger partial charge >= 0.3 is 0 Å². The summed E-state index contributed by atoms with van der Waals surface area (Å²) in [7, 11) is 7.77. The molecule has 7 heteroatoms. The molecular weight excluding hydrogens is 240 g/mol. The van der Waals surface area contributed by atoms with E-state index in [9.17, 15) is 0 Å². The second-order valence-corrected chi connectivity index (χ2v) is 4.65. The molecule has 1 aromatic heterocycles. The summed E-state index contributed by atoms with van der Waals surface area (Å²) in [6.45, 7) is 2.86. The maximum absolute atomic E-state index is 5.83. The first-order valence-electron chi connectivity index (χ1n) is 5.39. The third kappa shape index (κ3) is 4.32. The molecule has 1 unspecified atom stereocenters. The minimum Gasteiger partial charge on any atom is -0.352 e. The molecule has 0 fully saturated rings. The molecule has 0 spiro atoms. The van der Waals surface area contributed by atoms with Gasteiger partial charge in [-0.25, -0.2) is 0 Å². The molecule has 1 heterocycles. The van der Waals surface area contributed by atoms with Crippen LogP contribution in [0.5, 0.6) is 0 Å². The average Bonchev–Trinajstić information content (AvgIpc) is 2.24. The number of halogens is 1. The number of nitrogens with one attached hydrogen (secondary N) is 1. The minimum atomic E-state index is 0.198. The molecule has 1 atom stereocenters. The zero-order valence-corrected chi connectivity index (χ0v) is 11.7. The second kappa shape index (κ2) is 5.97. The number of anilines is 2. The van der Waals surface area contributed by atoms with Gasteiger partial charge in [0.2, 0.25) is 17.2 Å². The van der Waals surface area contributed by atoms with Crippen molar-refractivity contribution in [3.05, 3.63) is 5.28 Å². The van der Waals surface area contributed by atoms with Gasteiger partial charge in [0.1, 0.15) is 0 Å². The fourth-order valence-corrected chi connectivity index (χ4v) is 1.20. The third-order valence-electron chi connectivity index (χ3n) is 2.43. The van der Waals surface area contributed by atoms with Crippen molar-refractivity contribution < 1.29 is 0 Å². The lowest BCUT2D eigenvalue weighted by molar-refractivity contribution is 0.325. The van der Waals surface area contributed by atoms with Gasteiger partial charge in [-0.3, -0.25) is 0 Å². The van der Waals surface area contributed by atoms with E-state index in [2.05, 4.69) is 32.1 Å². The Kier molecular flexibility index (Phi) is 4.89. The van der Waals surface area contributed by atoms with Crippen molar-refractivity contribution in [1.29, 1.82) is 0 Å². The minimum absolute atomic E-state index is 0.198. The van der Waals surface area contributed by atoms with Crippen molar-refractivity contribution in [2.45, 2.75) is 13.0 Å². The van der Waals surface area contributed by atoms with Crippen molar-refractivity contribution in [2.24, 2.45) is 0 Å². The number of hydrogen-bond donors (Lipinski definition) is 1. The Morgan fingerprint density at radius 3 is 2.35 bits per heavy atom. The molecule has 1 aromatic rings. The molecule has 1 N–H and O–H groups in total. The van der Waals surface area contributed by atoms with Gasteiger partial charge in [0.25, 0.3) is 0 Å². The predicted octanol–water partition coefficient (Wildman–Crippen LogP) is 0.953. The van der Waals surface area contributed by atoms with Crippen LogP contribution in [0.1, 0.15) is 6.92 Å². The number of aromatic nitrogens is 3. The van der Waals surface area contributed by atoms with E-state index < -0.39 is 0 Å². The van der Waals surface area contributed by atoms with E-state index in [-0.39, 0.29) is 5.28 Å². The molecule has 0 bridgehead atoms. The molecule has 96 valence electrons. The Labute approximate surface area is 107 Å². The highest BCUT2D eigenvalue weighted by Crippen LogP contribution is 2.11. The molecule has 0 saturated carbocycles. The Morgan fingerprint density at radius 2 is 1.82 bits per heavy atom. The standard InChI is InChI=1S/C10H19ClN6/c1-7(16(2)3)6-12-9-13-8(11)14-10(15-9)17(4)5/h7H,6H2,1-5H3,(H,12,13,14,15). The summed E-state index contributed by atoms with van der Waals surface area (Å²) in [5, 5.41) is 3.34. The topological polar surface area (TPSA) is 57.2 Å². The van der Waals surface area contributed by atoms with Gasteiger partial charge in [-0.05, 0) is 32.6 Å². The van der Waals surface area contributed by atoms with Crippen molar-refractivity contribution >= 4 is 23.5 Å². The molecule has 0 aliphatic heterocycles. The number of hydrogen-bond acceptors (Lipinski definition) is 6. The summed E-state index contributed by atoms with van der Waals surface area (Å²) < 4.78 is 0. The van der Waals surface area contributed by atoms with Crippen LogP contribution in [0.4, 0.5) is 11.9 Å². The van der Waals surface area contributed by atoms with Crippen molar-refractivity contribution in [2.75, 3.05) is 45.0 Å². The van der Waals surface area contributed by atoms with Crippen molar-refractivity contribution in [3.63, 3.8) is 0 Å². The first-order valence-corrected chi connectivity index (χ1v) is 5.77. The molecule has 1 rings (SSSR count). The lowest BCUT2D eigenvalue weighted by atomic mass is 10.3. The average molecular weight is 259 g/mol. The van der Waals surface area contributed by atoms with Gasteiger partial charge in [0, 0.05) is 26.7 Å². The third-order valence-corrected chi connectivity index (χ3v) is 2.60. The SMILES string of the molecule is CC(CNc1nc(Cl)nc(N(C)C)n1)N(C)C. The molecular formula is C10H19ClN6. The zero-order chi connectivity index (χ0) is 13.0. The first-order chi connectivity index (χ1) is 7.90. The normalized spacial score (nSPS) is 12.6. The van der Waals surface area contributed by atoms with Crippen LogP contribution in [0.3, 0.4) is 0 Å². The molecule has 0 saturated heterocycles. The summed E-state index contributed by atoms with van der Waals surface area (Å²) in [5.41, 5.74) is 0. The molecule has 17 heavy (non-hydrogen) atoms. The van der Waals surface area contributed by atoms with E-state index in [1.807, 2.05) is 28.2 Å². The largest absolute Gasteiger partial charge is 0.352 e. The predicted molar refractivity (Wildman–Crippen MR) is 70.8 cm³/mol. The Morgan fingerprint density at radius 1 is 1.18 bits per heavy atom. The van der Waals surface area contributed by atoms with E-state index in [0.717, 1.165) is 6.54 Å². The number of likely N-dealkylation sites (N-methyl/N-ethyl adjacent to an activating group) is 1. The smallest absolute Gasteiger partial charge is 0.230 e. The quantitative estimate of drug-likeness (QED) is 0.849. The summed E-state index contributed by atoms with van der Waals surface area (Å²) in [6, 6.07) is 0.383. The molecule has 6 nitrogen and oxygen atoms in total. The van der Waals surface area contributed by atoms with Crippen LogP contribution >= 0.6 is 11.6 Å². The van der Waals surface area contributed by atoms with Crippen LogP contribution in [-0.2, 0) is 0 Å². The second-order valence-electron chi connectivity index (χ2n) is 4.32. The van der Waals surface area contributed by atoms with Gasteiger partial charge in [0.15, 0.2) is 0 Å². The van der Waals surface area contributed by atoms with Crippen LogP contribution in [0.15, 0.2) is 0 Å². The highest BCUT2D eigenvalue weighted by Gasteiger charge is 2.08. The Bertz CT molecular complexity index is 368. The van der Waals surface area contributed by atoms with E-state index in [0.29, 0.717) is 17.9 Å². The van der Waals surface area contributed by atoms with E-state index in [4.69, 9.17) is 11.6 Å². The Hall–Kier alpha value is -1.14. The number of nitrogens with zero attached hydrogens (tertiary/aromatic N) is 5. The summed E-state index contributed by atoms with van der Waals surface area (Å²) in [5.74, 6) is 1.05. The zero-order valence-electron chi connectivity index (χ0n) is 10.9. The van der Waals surface area contributed by atoms with Gasteiger partial charge < -0.3 is 15.1 Å². The molecule has 0 radical (unpaired) electrons. The summed E-state index contributed by atoms with van der Waals surface area (Å²) >= 11 is 5.83. The van der Waals surface area contributed by atoms with Crippen molar-refractivity contribution in [1.82, 2.24) is 19.9 Å².